The second-order valence-corrected chi connectivity index (χ2v) is 7.30. The summed E-state index contributed by atoms with van der Waals surface area (Å²) in [6.07, 6.45) is 4.26. The molecule has 0 amide bonds. The van der Waals surface area contributed by atoms with Crippen LogP contribution in [-0.2, 0) is 0 Å². The molecule has 0 saturated heterocycles. The molecule has 1 heterocycles. The summed E-state index contributed by atoms with van der Waals surface area (Å²) >= 11 is 0. The molecule has 0 radical (unpaired) electrons. The van der Waals surface area contributed by atoms with Gasteiger partial charge in [0.1, 0.15) is 5.20 Å². The van der Waals surface area contributed by atoms with Crippen LogP contribution >= 0.6 is 8.86 Å². The standard InChI is InChI=1S/C21H25N2P/c1-13-9-15(3)19(16(4)10-13)22-7-8-23(21(22)24)20-17(5)11-14(2)12-18(20)6/h7-12,24H,1-6H3. The molecule has 0 unspecified atom stereocenters. The highest BCUT2D eigenvalue weighted by atomic mass is 31.0. The molecule has 0 aliphatic carbocycles. The molecule has 0 spiro atoms. The number of hydrogen-bond acceptors (Lipinski definition) is 0. The third kappa shape index (κ3) is 2.76. The zero-order chi connectivity index (χ0) is 17.6. The van der Waals surface area contributed by atoms with Gasteiger partial charge in [-0.1, -0.05) is 44.3 Å². The molecule has 0 aliphatic rings. The van der Waals surface area contributed by atoms with Crippen molar-refractivity contribution in [2.75, 3.05) is 0 Å². The Morgan fingerprint density at radius 1 is 0.583 bits per heavy atom. The molecule has 3 rings (SSSR count). The molecule has 1 aromatic heterocycles. The normalized spacial score (nSPS) is 11.1. The molecule has 0 bridgehead atoms. The van der Waals surface area contributed by atoms with Crippen molar-refractivity contribution in [3.63, 3.8) is 0 Å². The van der Waals surface area contributed by atoms with Gasteiger partial charge in [-0.15, -0.1) is 0 Å². The summed E-state index contributed by atoms with van der Waals surface area (Å²) in [5, 5.41) is 1.03. The second kappa shape index (κ2) is 6.11. The minimum Gasteiger partial charge on any atom is -0.298 e. The van der Waals surface area contributed by atoms with Crippen molar-refractivity contribution >= 4 is 8.86 Å². The molecule has 3 heteroatoms. The average Bonchev–Trinajstić information content (AvgIpc) is 2.79. The van der Waals surface area contributed by atoms with Gasteiger partial charge >= 0.3 is 0 Å². The quantitative estimate of drug-likeness (QED) is 0.524. The number of nitrogens with zero attached hydrogens (tertiary/aromatic N) is 2. The van der Waals surface area contributed by atoms with E-state index in [9.17, 15) is 0 Å². The first-order chi connectivity index (χ1) is 11.3. The number of hydrogen-bond donors (Lipinski definition) is 0. The van der Waals surface area contributed by atoms with E-state index in [1.54, 1.807) is 0 Å². The number of benzene rings is 2. The molecular formula is C21H25N2P. The van der Waals surface area contributed by atoms with E-state index in [1.165, 1.54) is 44.8 Å². The summed E-state index contributed by atoms with van der Waals surface area (Å²) in [5.74, 6) is 0. The van der Waals surface area contributed by atoms with Crippen molar-refractivity contribution in [1.29, 1.82) is 0 Å². The fourth-order valence-corrected chi connectivity index (χ4v) is 4.23. The van der Waals surface area contributed by atoms with Gasteiger partial charge in [0.05, 0.1) is 11.4 Å². The van der Waals surface area contributed by atoms with Crippen molar-refractivity contribution in [2.45, 2.75) is 41.5 Å². The van der Waals surface area contributed by atoms with Crippen LogP contribution in [0.15, 0.2) is 36.7 Å². The number of rotatable bonds is 2. The second-order valence-electron chi connectivity index (χ2n) is 6.86. The monoisotopic (exact) mass is 336 g/mol. The first kappa shape index (κ1) is 16.8. The maximum atomic E-state index is 3.88. The Kier molecular flexibility index (Phi) is 4.27. The fourth-order valence-electron chi connectivity index (χ4n) is 3.86. The van der Waals surface area contributed by atoms with Gasteiger partial charge < -0.3 is 0 Å². The van der Waals surface area contributed by atoms with Gasteiger partial charge in [-0.05, 0) is 63.8 Å². The van der Waals surface area contributed by atoms with Gasteiger partial charge in [-0.25, -0.2) is 0 Å². The highest BCUT2D eigenvalue weighted by Gasteiger charge is 2.12. The maximum Gasteiger partial charge on any atom is 0.141 e. The Bertz CT molecular complexity index is 865. The Hall–Kier alpha value is -2.05. The summed E-state index contributed by atoms with van der Waals surface area (Å²) < 4.78 is 4.44. The van der Waals surface area contributed by atoms with Gasteiger partial charge in [0.15, 0.2) is 0 Å². The Balaban J connectivity index is 2.24. The highest BCUT2D eigenvalue weighted by Crippen LogP contribution is 2.26. The molecule has 2 aromatic carbocycles. The van der Waals surface area contributed by atoms with E-state index in [4.69, 9.17) is 0 Å². The zero-order valence-corrected chi connectivity index (χ0v) is 16.4. The predicted molar refractivity (Wildman–Crippen MR) is 105 cm³/mol. The summed E-state index contributed by atoms with van der Waals surface area (Å²) in [5.41, 5.74) is 10.2. The van der Waals surface area contributed by atoms with E-state index in [1.807, 2.05) is 0 Å². The van der Waals surface area contributed by atoms with Crippen molar-refractivity contribution < 1.29 is 0 Å². The van der Waals surface area contributed by atoms with Gasteiger partial charge in [0, 0.05) is 12.4 Å². The van der Waals surface area contributed by atoms with Crippen LogP contribution in [0.5, 0.6) is 0 Å². The van der Waals surface area contributed by atoms with E-state index in [2.05, 4.69) is 96.2 Å². The Labute approximate surface area is 146 Å². The van der Waals surface area contributed by atoms with Crippen LogP contribution in [-0.4, -0.2) is 9.13 Å². The van der Waals surface area contributed by atoms with Gasteiger partial charge in [-0.3, -0.25) is 9.13 Å². The molecule has 3 aromatic rings. The summed E-state index contributed by atoms with van der Waals surface area (Å²) in [6.45, 7) is 13.0. The summed E-state index contributed by atoms with van der Waals surface area (Å²) in [4.78, 5) is 0. The van der Waals surface area contributed by atoms with Crippen LogP contribution < -0.4 is 0 Å². The average molecular weight is 336 g/mol. The molecule has 0 fully saturated rings. The Morgan fingerprint density at radius 3 is 1.17 bits per heavy atom. The third-order valence-electron chi connectivity index (χ3n) is 4.57. The minimum absolute atomic E-state index is 1.03. The minimum atomic E-state index is 1.03. The first-order valence-corrected chi connectivity index (χ1v) is 8.80. The lowest BCUT2D eigenvalue weighted by atomic mass is 10.0. The SMILES string of the molecule is Cc1cc(C)c(-n2ccn(-c3c(C)cc(C)cc3C)c2=P)c(C)c1. The molecule has 2 nitrogen and oxygen atoms in total. The molecule has 0 aliphatic heterocycles. The largest absolute Gasteiger partial charge is 0.298 e. The van der Waals surface area contributed by atoms with Crippen molar-refractivity contribution in [1.82, 2.24) is 9.13 Å². The van der Waals surface area contributed by atoms with Crippen LogP contribution in [0.1, 0.15) is 33.4 Å². The summed E-state index contributed by atoms with van der Waals surface area (Å²) in [6, 6.07) is 8.95. The van der Waals surface area contributed by atoms with Crippen LogP contribution in [0.25, 0.3) is 11.4 Å². The van der Waals surface area contributed by atoms with Crippen molar-refractivity contribution in [2.24, 2.45) is 0 Å². The van der Waals surface area contributed by atoms with Crippen LogP contribution in [0.4, 0.5) is 0 Å². The molecule has 0 N–H and O–H groups in total. The van der Waals surface area contributed by atoms with E-state index in [-0.39, 0.29) is 0 Å². The zero-order valence-electron chi connectivity index (χ0n) is 15.4. The predicted octanol–water partition coefficient (Wildman–Crippen LogP) is 5.79. The van der Waals surface area contributed by atoms with Crippen LogP contribution in [0, 0.1) is 46.7 Å². The van der Waals surface area contributed by atoms with Gasteiger partial charge in [-0.2, -0.15) is 0 Å². The highest BCUT2D eigenvalue weighted by molar-refractivity contribution is 7.06. The molecular weight excluding hydrogens is 311 g/mol. The third-order valence-corrected chi connectivity index (χ3v) is 5.06. The lowest BCUT2D eigenvalue weighted by Crippen LogP contribution is -2.04. The maximum absolute atomic E-state index is 3.88. The lowest BCUT2D eigenvalue weighted by molar-refractivity contribution is 0.928. The van der Waals surface area contributed by atoms with Gasteiger partial charge in [0.2, 0.25) is 0 Å². The van der Waals surface area contributed by atoms with Crippen molar-refractivity contribution in [3.8, 4) is 11.4 Å². The van der Waals surface area contributed by atoms with Crippen LogP contribution in [0.2, 0.25) is 0 Å². The van der Waals surface area contributed by atoms with E-state index in [0.717, 1.165) is 5.20 Å². The molecule has 124 valence electrons. The molecule has 0 atom stereocenters. The smallest absolute Gasteiger partial charge is 0.141 e. The lowest BCUT2D eigenvalue weighted by Gasteiger charge is -2.15. The van der Waals surface area contributed by atoms with Crippen molar-refractivity contribution in [3.05, 3.63) is 75.2 Å². The van der Waals surface area contributed by atoms with E-state index in [0.29, 0.717) is 0 Å². The van der Waals surface area contributed by atoms with Gasteiger partial charge in [0.25, 0.3) is 0 Å². The topological polar surface area (TPSA) is 9.86 Å². The first-order valence-electron chi connectivity index (χ1n) is 8.30. The number of aryl methyl sites for hydroxylation is 6. The van der Waals surface area contributed by atoms with E-state index >= 15 is 0 Å². The molecule has 0 saturated carbocycles. The summed E-state index contributed by atoms with van der Waals surface area (Å²) in [7, 11) is 3.88. The number of aromatic nitrogens is 2. The fraction of sp³-hybridized carbons (Fsp3) is 0.286. The van der Waals surface area contributed by atoms with E-state index < -0.39 is 0 Å². The number of imidazole rings is 1. The van der Waals surface area contributed by atoms with Crippen LogP contribution in [0.3, 0.4) is 0 Å². The molecule has 24 heavy (non-hydrogen) atoms. The Morgan fingerprint density at radius 2 is 0.875 bits per heavy atom.